The van der Waals surface area contributed by atoms with Crippen LogP contribution in [-0.4, -0.2) is 47.4 Å². The van der Waals surface area contributed by atoms with Crippen LogP contribution >= 0.6 is 0 Å². The van der Waals surface area contributed by atoms with Crippen LogP contribution in [0.2, 0.25) is 0 Å². The van der Waals surface area contributed by atoms with Gasteiger partial charge in [-0.15, -0.1) is 0 Å². The van der Waals surface area contributed by atoms with Crippen LogP contribution in [0.3, 0.4) is 0 Å². The number of rotatable bonds is 55. The van der Waals surface area contributed by atoms with E-state index < -0.39 is 12.1 Å². The van der Waals surface area contributed by atoms with Crippen LogP contribution in [-0.2, 0) is 14.3 Å². The van der Waals surface area contributed by atoms with Crippen molar-refractivity contribution in [2.45, 2.75) is 334 Å². The van der Waals surface area contributed by atoms with Crippen LogP contribution in [0.5, 0.6) is 0 Å². The number of esters is 1. The number of aliphatic hydroxyl groups excluding tert-OH is 2. The molecule has 0 spiro atoms. The fraction of sp³-hybridized carbons (Fsp3) is 0.900. The second-order valence-corrected chi connectivity index (χ2v) is 20.3. The summed E-state index contributed by atoms with van der Waals surface area (Å²) in [6, 6.07) is -0.548. The van der Waals surface area contributed by atoms with Gasteiger partial charge in [0, 0.05) is 12.8 Å². The average Bonchev–Trinajstić information content (AvgIpc) is 3.32. The molecule has 0 heterocycles. The van der Waals surface area contributed by atoms with E-state index in [0.717, 1.165) is 57.8 Å². The van der Waals surface area contributed by atoms with E-state index in [4.69, 9.17) is 4.74 Å². The maximum atomic E-state index is 12.5. The van der Waals surface area contributed by atoms with Gasteiger partial charge in [0.25, 0.3) is 0 Å². The Morgan fingerprint density at radius 1 is 0.424 bits per heavy atom. The molecule has 0 radical (unpaired) electrons. The van der Waals surface area contributed by atoms with Crippen LogP contribution in [0.15, 0.2) is 24.3 Å². The second kappa shape index (κ2) is 55.9. The minimum absolute atomic E-state index is 0.0116. The maximum Gasteiger partial charge on any atom is 0.305 e. The zero-order valence-electron chi connectivity index (χ0n) is 44.4. The molecule has 2 atom stereocenters. The number of nitrogens with one attached hydrogen (secondary N) is 1. The predicted molar refractivity (Wildman–Crippen MR) is 287 cm³/mol. The van der Waals surface area contributed by atoms with E-state index in [1.807, 2.05) is 0 Å². The summed E-state index contributed by atoms with van der Waals surface area (Å²) in [5, 5.41) is 23.3. The van der Waals surface area contributed by atoms with Crippen LogP contribution in [0.1, 0.15) is 322 Å². The monoisotopic (exact) mass is 930 g/mol. The van der Waals surface area contributed by atoms with Gasteiger partial charge in [0.15, 0.2) is 0 Å². The third kappa shape index (κ3) is 51.7. The Morgan fingerprint density at radius 2 is 0.788 bits per heavy atom. The molecule has 0 aliphatic rings. The number of unbranched alkanes of at least 4 members (excludes halogenated alkanes) is 40. The molecule has 0 aliphatic heterocycles. The summed E-state index contributed by atoms with van der Waals surface area (Å²) in [6.45, 7) is 4.89. The Kier molecular flexibility index (Phi) is 54.5. The lowest BCUT2D eigenvalue weighted by Gasteiger charge is -2.22. The molecular formula is C60H115NO5. The lowest BCUT2D eigenvalue weighted by atomic mass is 10.0. The Morgan fingerprint density at radius 3 is 1.21 bits per heavy atom. The lowest BCUT2D eigenvalue weighted by molar-refractivity contribution is -0.143. The molecule has 0 rings (SSSR count). The summed E-state index contributed by atoms with van der Waals surface area (Å²) in [4.78, 5) is 24.5. The van der Waals surface area contributed by atoms with Crippen LogP contribution in [0.4, 0.5) is 0 Å². The first-order chi connectivity index (χ1) is 32.5. The first kappa shape index (κ1) is 64.3. The highest BCUT2D eigenvalue weighted by atomic mass is 16.5. The first-order valence-electron chi connectivity index (χ1n) is 29.6. The first-order valence-corrected chi connectivity index (χ1v) is 29.6. The summed E-state index contributed by atoms with van der Waals surface area (Å²) >= 11 is 0. The lowest BCUT2D eigenvalue weighted by Crippen LogP contribution is -2.45. The minimum atomic E-state index is -0.670. The van der Waals surface area contributed by atoms with E-state index >= 15 is 0 Å². The van der Waals surface area contributed by atoms with Crippen molar-refractivity contribution in [2.75, 3.05) is 13.2 Å². The molecule has 6 heteroatoms. The van der Waals surface area contributed by atoms with E-state index in [-0.39, 0.29) is 18.5 Å². The van der Waals surface area contributed by atoms with E-state index in [0.29, 0.717) is 25.9 Å². The van der Waals surface area contributed by atoms with E-state index in [1.54, 1.807) is 0 Å². The molecule has 0 aromatic heterocycles. The number of hydrogen-bond donors (Lipinski definition) is 3. The number of amides is 1. The molecule has 3 N–H and O–H groups in total. The molecule has 390 valence electrons. The Balaban J connectivity index is 3.43. The highest BCUT2D eigenvalue weighted by Crippen LogP contribution is 2.18. The van der Waals surface area contributed by atoms with Gasteiger partial charge in [0.2, 0.25) is 5.91 Å². The zero-order valence-corrected chi connectivity index (χ0v) is 44.4. The number of hydrogen-bond acceptors (Lipinski definition) is 5. The molecule has 1 amide bonds. The molecule has 0 aromatic carbocycles. The van der Waals surface area contributed by atoms with Crippen molar-refractivity contribution in [3.8, 4) is 0 Å². The Hall–Kier alpha value is -1.66. The molecule has 66 heavy (non-hydrogen) atoms. The highest BCUT2D eigenvalue weighted by molar-refractivity contribution is 5.76. The number of carbonyl (C=O) groups excluding carboxylic acids is 2. The number of ether oxygens (including phenoxy) is 1. The molecule has 2 unspecified atom stereocenters. The van der Waals surface area contributed by atoms with E-state index in [9.17, 15) is 19.8 Å². The number of carbonyl (C=O) groups is 2. The summed E-state index contributed by atoms with van der Waals surface area (Å²) in [7, 11) is 0. The standard InChI is InChI=1S/C60H115NO5/c1-3-5-7-9-11-13-15-17-18-19-20-21-22-25-29-32-36-40-44-48-52-58(63)57(56-62)61-59(64)53-49-45-41-37-33-30-26-23-24-27-31-35-39-43-47-51-55-66-60(65)54-50-46-42-38-34-28-16-14-12-10-8-6-4-2/h8,10,14,16,57-58,62-63H,3-7,9,11-13,15,17-56H2,1-2H3,(H,61,64)/b10-8-,16-14-. The molecule has 6 nitrogen and oxygen atoms in total. The van der Waals surface area contributed by atoms with Crippen molar-refractivity contribution >= 4 is 11.9 Å². The molecule has 0 saturated heterocycles. The van der Waals surface area contributed by atoms with Gasteiger partial charge < -0.3 is 20.3 Å². The second-order valence-electron chi connectivity index (χ2n) is 20.3. The van der Waals surface area contributed by atoms with Crippen molar-refractivity contribution < 1.29 is 24.5 Å². The van der Waals surface area contributed by atoms with Gasteiger partial charge in [0.1, 0.15) is 0 Å². The topological polar surface area (TPSA) is 95.9 Å². The highest BCUT2D eigenvalue weighted by Gasteiger charge is 2.20. The molecule has 0 bridgehead atoms. The third-order valence-electron chi connectivity index (χ3n) is 13.7. The minimum Gasteiger partial charge on any atom is -0.466 e. The van der Waals surface area contributed by atoms with Crippen LogP contribution in [0.25, 0.3) is 0 Å². The van der Waals surface area contributed by atoms with E-state index in [2.05, 4.69) is 43.5 Å². The molecule has 0 saturated carbocycles. The summed E-state index contributed by atoms with van der Waals surface area (Å²) in [5.74, 6) is -0.0511. The Labute approximate surface area is 411 Å². The Bertz CT molecular complexity index is 1030. The maximum absolute atomic E-state index is 12.5. The summed E-state index contributed by atoms with van der Waals surface area (Å²) < 4.78 is 5.46. The summed E-state index contributed by atoms with van der Waals surface area (Å²) in [5.41, 5.74) is 0. The largest absolute Gasteiger partial charge is 0.466 e. The van der Waals surface area contributed by atoms with Gasteiger partial charge in [-0.2, -0.15) is 0 Å². The predicted octanol–water partition coefficient (Wildman–Crippen LogP) is 18.2. The van der Waals surface area contributed by atoms with Crippen molar-refractivity contribution in [1.29, 1.82) is 0 Å². The van der Waals surface area contributed by atoms with Crippen LogP contribution in [0, 0.1) is 0 Å². The van der Waals surface area contributed by atoms with Crippen molar-refractivity contribution in [1.82, 2.24) is 5.32 Å². The molecule has 0 aliphatic carbocycles. The van der Waals surface area contributed by atoms with Crippen molar-refractivity contribution in [3.63, 3.8) is 0 Å². The fourth-order valence-electron chi connectivity index (χ4n) is 9.21. The van der Waals surface area contributed by atoms with Gasteiger partial charge >= 0.3 is 5.97 Å². The smallest absolute Gasteiger partial charge is 0.305 e. The summed E-state index contributed by atoms with van der Waals surface area (Å²) in [6.07, 6.45) is 67.4. The number of allylic oxidation sites excluding steroid dienone is 4. The SMILES string of the molecule is CCC/C=C\C/C=C\CCCCCCCC(=O)OCCCCCCCCCCCCCCCCCCC(=O)NC(CO)C(O)CCCCCCCCCCCCCCCCCCCCCC. The molecule has 0 fully saturated rings. The number of aliphatic hydroxyl groups is 2. The molecule has 0 aromatic rings. The third-order valence-corrected chi connectivity index (χ3v) is 13.7. The average molecular weight is 931 g/mol. The van der Waals surface area contributed by atoms with Crippen LogP contribution < -0.4 is 5.32 Å². The fourth-order valence-corrected chi connectivity index (χ4v) is 9.21. The molecular weight excluding hydrogens is 815 g/mol. The van der Waals surface area contributed by atoms with Crippen molar-refractivity contribution in [2.24, 2.45) is 0 Å². The normalized spacial score (nSPS) is 12.7. The van der Waals surface area contributed by atoms with Gasteiger partial charge in [-0.3, -0.25) is 9.59 Å². The zero-order chi connectivity index (χ0) is 47.9. The van der Waals surface area contributed by atoms with Gasteiger partial charge in [0.05, 0.1) is 25.4 Å². The van der Waals surface area contributed by atoms with Gasteiger partial charge in [-0.25, -0.2) is 0 Å². The van der Waals surface area contributed by atoms with E-state index in [1.165, 1.54) is 231 Å². The van der Waals surface area contributed by atoms with Crippen molar-refractivity contribution in [3.05, 3.63) is 24.3 Å². The van der Waals surface area contributed by atoms with Gasteiger partial charge in [-0.1, -0.05) is 282 Å². The quantitative estimate of drug-likeness (QED) is 0.0321. The van der Waals surface area contributed by atoms with Gasteiger partial charge in [-0.05, 0) is 51.4 Å².